The highest BCUT2D eigenvalue weighted by Gasteiger charge is 2.50. The molecule has 0 aliphatic carbocycles. The van der Waals surface area contributed by atoms with Gasteiger partial charge >= 0.3 is 0 Å². The summed E-state index contributed by atoms with van der Waals surface area (Å²) >= 11 is 14.4. The minimum absolute atomic E-state index is 0.151. The summed E-state index contributed by atoms with van der Waals surface area (Å²) in [5, 5.41) is 0. The number of rotatable bonds is 0. The van der Waals surface area contributed by atoms with Crippen molar-refractivity contribution in [2.45, 2.75) is 83.0 Å². The van der Waals surface area contributed by atoms with Crippen LogP contribution in [0.25, 0.3) is 0 Å². The van der Waals surface area contributed by atoms with E-state index in [-0.39, 0.29) is 36.1 Å². The van der Waals surface area contributed by atoms with Crippen LogP contribution in [0.2, 0.25) is 0 Å². The van der Waals surface area contributed by atoms with Crippen molar-refractivity contribution in [2.24, 2.45) is 16.2 Å². The number of halogens is 3. The quantitative estimate of drug-likeness (QED) is 0.253. The number of fused-ring (bicyclic) bond motifs is 6. The molecule has 49 heavy (non-hydrogen) atoms. The normalized spacial score (nSPS) is 26.3. The highest BCUT2D eigenvalue weighted by Crippen LogP contribution is 2.46. The minimum atomic E-state index is -1.18. The minimum Gasteiger partial charge on any atom is -0.371 e. The van der Waals surface area contributed by atoms with E-state index in [1.54, 1.807) is 0 Å². The van der Waals surface area contributed by atoms with Crippen LogP contribution in [0.1, 0.15) is 74.9 Å². The Balaban J connectivity index is 0.000000989. The fourth-order valence-electron chi connectivity index (χ4n) is 6.41. The van der Waals surface area contributed by atoms with Gasteiger partial charge in [-0.1, -0.05) is 94.5 Å². The molecule has 6 bridgehead atoms. The van der Waals surface area contributed by atoms with Gasteiger partial charge in [0, 0.05) is 32.9 Å². The van der Waals surface area contributed by atoms with E-state index in [0.29, 0.717) is 59.5 Å². The van der Waals surface area contributed by atoms with Crippen molar-refractivity contribution in [3.8, 4) is 0 Å². The molecule has 8 rings (SSSR count). The summed E-state index contributed by atoms with van der Waals surface area (Å²) in [5.74, 6) is -3.54. The van der Waals surface area contributed by atoms with E-state index in [9.17, 15) is 0 Å². The molecule has 9 nitrogen and oxygen atoms in total. The third-order valence-electron chi connectivity index (χ3n) is 9.22. The summed E-state index contributed by atoms with van der Waals surface area (Å²) in [6.45, 7) is 17.6. The van der Waals surface area contributed by atoms with Crippen LogP contribution in [0.3, 0.4) is 0 Å². The molecule has 3 saturated heterocycles. The Morgan fingerprint density at radius 1 is 0.408 bits per heavy atom. The molecule has 3 spiro atoms. The summed E-state index contributed by atoms with van der Waals surface area (Å²) < 4.78 is 58.7. The SMILES string of the molecule is CC1(C)COC2(COCc3cc4cc(c3)COCC3(OCC(C)(C)CO3)c3cc2cc(c3)C2(COC4)OCC(C)(C)CO2)OC1.ClC(Cl)Cl. The van der Waals surface area contributed by atoms with Crippen LogP contribution in [-0.4, -0.2) is 63.8 Å². The molecule has 6 aliphatic heterocycles. The molecule has 0 unspecified atom stereocenters. The molecule has 272 valence electrons. The van der Waals surface area contributed by atoms with Crippen molar-refractivity contribution in [1.82, 2.24) is 0 Å². The van der Waals surface area contributed by atoms with E-state index in [0.717, 1.165) is 33.4 Å². The first-order valence-corrected chi connectivity index (χ1v) is 18.1. The van der Waals surface area contributed by atoms with Gasteiger partial charge in [-0.3, -0.25) is 0 Å². The lowest BCUT2D eigenvalue weighted by molar-refractivity contribution is -0.332. The average molecular weight is 744 g/mol. The van der Waals surface area contributed by atoms with Gasteiger partial charge in [0.25, 0.3) is 0 Å². The van der Waals surface area contributed by atoms with Gasteiger partial charge < -0.3 is 42.6 Å². The zero-order valence-corrected chi connectivity index (χ0v) is 31.6. The molecular weight excluding hydrogens is 695 g/mol. The van der Waals surface area contributed by atoms with E-state index in [1.165, 1.54) is 0 Å². The molecule has 12 heteroatoms. The molecule has 0 amide bonds. The number of alkyl halides is 3. The van der Waals surface area contributed by atoms with Crippen molar-refractivity contribution in [3.63, 3.8) is 0 Å². The predicted octanol–water partition coefficient (Wildman–Crippen LogP) is 7.63. The second-order valence-electron chi connectivity index (χ2n) is 16.2. The van der Waals surface area contributed by atoms with Gasteiger partial charge in [-0.25, -0.2) is 0 Å². The van der Waals surface area contributed by atoms with Gasteiger partial charge in [0.15, 0.2) is 4.30 Å². The van der Waals surface area contributed by atoms with Crippen LogP contribution in [-0.2, 0) is 79.8 Å². The molecule has 0 aromatic heterocycles. The Labute approximate surface area is 305 Å². The number of hydrogen-bond acceptors (Lipinski definition) is 9. The Bertz CT molecular complexity index is 1250. The zero-order chi connectivity index (χ0) is 35.1. The van der Waals surface area contributed by atoms with Gasteiger partial charge in [-0.15, -0.1) is 0 Å². The summed E-state index contributed by atoms with van der Waals surface area (Å²) in [6, 6.07) is 12.5. The van der Waals surface area contributed by atoms with Crippen LogP contribution in [0, 0.1) is 16.2 Å². The Hall–Kier alpha value is -1.05. The average Bonchev–Trinajstić information content (AvgIpc) is 3.03. The molecule has 6 aliphatic rings. The smallest absolute Gasteiger partial charge is 0.219 e. The second kappa shape index (κ2) is 14.4. The summed E-state index contributed by atoms with van der Waals surface area (Å²) in [4.78, 5) is 0. The van der Waals surface area contributed by atoms with Gasteiger partial charge in [-0.05, 0) is 34.9 Å². The summed E-state index contributed by atoms with van der Waals surface area (Å²) in [5.41, 5.74) is 4.95. The number of ether oxygens (including phenoxy) is 9. The molecule has 0 atom stereocenters. The van der Waals surface area contributed by atoms with Crippen LogP contribution < -0.4 is 0 Å². The predicted molar refractivity (Wildman–Crippen MR) is 185 cm³/mol. The van der Waals surface area contributed by atoms with E-state index in [1.807, 2.05) is 0 Å². The Kier molecular flexibility index (Phi) is 11.1. The van der Waals surface area contributed by atoms with Gasteiger partial charge in [0.2, 0.25) is 17.4 Å². The van der Waals surface area contributed by atoms with Crippen molar-refractivity contribution in [3.05, 3.63) is 69.8 Å². The second-order valence-corrected chi connectivity index (χ2v) is 18.1. The van der Waals surface area contributed by atoms with Gasteiger partial charge in [0.1, 0.15) is 19.8 Å². The Morgan fingerprint density at radius 2 is 0.633 bits per heavy atom. The summed E-state index contributed by atoms with van der Waals surface area (Å²) in [7, 11) is 0. The maximum Gasteiger partial charge on any atom is 0.219 e. The van der Waals surface area contributed by atoms with Crippen molar-refractivity contribution in [1.29, 1.82) is 0 Å². The molecule has 3 fully saturated rings. The van der Waals surface area contributed by atoms with Crippen molar-refractivity contribution >= 4 is 34.8 Å². The topological polar surface area (TPSA) is 83.1 Å². The highest BCUT2D eigenvalue weighted by molar-refractivity contribution is 6.63. The van der Waals surface area contributed by atoms with E-state index in [2.05, 4.69) is 77.9 Å². The highest BCUT2D eigenvalue weighted by atomic mass is 35.6. The molecule has 2 aromatic rings. The number of benzene rings is 2. The monoisotopic (exact) mass is 742 g/mol. The fraction of sp³-hybridized carbons (Fsp3) is 0.676. The van der Waals surface area contributed by atoms with Gasteiger partial charge in [-0.2, -0.15) is 0 Å². The molecule has 0 radical (unpaired) electrons. The van der Waals surface area contributed by atoms with E-state index < -0.39 is 21.7 Å². The first kappa shape index (κ1) is 37.7. The third kappa shape index (κ3) is 8.78. The lowest BCUT2D eigenvalue weighted by atomic mass is 9.88. The van der Waals surface area contributed by atoms with E-state index >= 15 is 0 Å². The van der Waals surface area contributed by atoms with Crippen LogP contribution >= 0.6 is 34.8 Å². The number of hydrogen-bond donors (Lipinski definition) is 0. The molecule has 0 saturated carbocycles. The van der Waals surface area contributed by atoms with Gasteiger partial charge in [0.05, 0.1) is 59.5 Å². The molecule has 6 heterocycles. The fourth-order valence-corrected chi connectivity index (χ4v) is 6.41. The lowest BCUT2D eigenvalue weighted by Crippen LogP contribution is -2.51. The standard InChI is InChI=1S/C36H48O9.CHCl3/c1-31(2)16-40-34(41-17-31)22-37-13-25-7-26-9-27(8-25)15-39-24-36(44-20-33(5,6)21-45-36)30-11-28(34)10-29(12-30)35(23-38-14-26)42-18-32(3,4)19-43-35;2-1(3)4/h7-12H,13-24H2,1-6H3;1H. The summed E-state index contributed by atoms with van der Waals surface area (Å²) in [6.07, 6.45) is 0. The Morgan fingerprint density at radius 3 is 0.857 bits per heavy atom. The van der Waals surface area contributed by atoms with Crippen LogP contribution in [0.15, 0.2) is 36.4 Å². The van der Waals surface area contributed by atoms with Crippen molar-refractivity contribution in [2.75, 3.05) is 59.5 Å². The first-order chi connectivity index (χ1) is 23.0. The molecular formula is C37H49Cl3O9. The largest absolute Gasteiger partial charge is 0.371 e. The maximum absolute atomic E-state index is 6.69. The third-order valence-corrected chi connectivity index (χ3v) is 9.22. The molecule has 0 N–H and O–H groups in total. The zero-order valence-electron chi connectivity index (χ0n) is 29.3. The first-order valence-electron chi connectivity index (χ1n) is 16.8. The lowest BCUT2D eigenvalue weighted by Gasteiger charge is -2.47. The molecule has 2 aromatic carbocycles. The van der Waals surface area contributed by atoms with Crippen LogP contribution in [0.5, 0.6) is 0 Å². The van der Waals surface area contributed by atoms with E-state index in [4.69, 9.17) is 77.4 Å². The van der Waals surface area contributed by atoms with Crippen LogP contribution in [0.4, 0.5) is 0 Å². The maximum atomic E-state index is 6.69. The van der Waals surface area contributed by atoms with Crippen molar-refractivity contribution < 1.29 is 42.6 Å².